The summed E-state index contributed by atoms with van der Waals surface area (Å²) in [6.07, 6.45) is 1.31. The summed E-state index contributed by atoms with van der Waals surface area (Å²) in [6.45, 7) is 1.39. The van der Waals surface area contributed by atoms with Gasteiger partial charge in [0, 0.05) is 12.1 Å². The number of rotatable bonds is 7. The van der Waals surface area contributed by atoms with Gasteiger partial charge in [0.25, 0.3) is 0 Å². The van der Waals surface area contributed by atoms with E-state index in [9.17, 15) is 23.6 Å². The van der Waals surface area contributed by atoms with Crippen molar-refractivity contribution in [1.82, 2.24) is 9.80 Å². The quantitative estimate of drug-likeness (QED) is 0.429. The van der Waals surface area contributed by atoms with Gasteiger partial charge in [-0.2, -0.15) is 0 Å². The predicted octanol–water partition coefficient (Wildman–Crippen LogP) is 1.61. The van der Waals surface area contributed by atoms with Crippen molar-refractivity contribution < 1.29 is 28.3 Å². The zero-order valence-corrected chi connectivity index (χ0v) is 13.4. The topological polar surface area (TPSA) is 84.0 Å². The SMILES string of the molecule is CCCCN1C(=O)C(=O)N(CC(=O)c2ccc(OC)c(F)c2)C1=O. The average molecular weight is 336 g/mol. The lowest BCUT2D eigenvalue weighted by Crippen LogP contribution is -2.37. The fourth-order valence-electron chi connectivity index (χ4n) is 2.28. The highest BCUT2D eigenvalue weighted by atomic mass is 19.1. The number of hydrogen-bond acceptors (Lipinski definition) is 5. The Bertz CT molecular complexity index is 704. The number of amides is 4. The molecule has 4 amide bonds. The van der Waals surface area contributed by atoms with Crippen molar-refractivity contribution in [3.63, 3.8) is 0 Å². The standard InChI is InChI=1S/C16H17FN2O5/c1-3-4-7-18-14(21)15(22)19(16(18)23)9-12(20)10-5-6-13(24-2)11(17)8-10/h5-6,8H,3-4,7,9H2,1-2H3. The van der Waals surface area contributed by atoms with Crippen LogP contribution in [0, 0.1) is 5.82 Å². The van der Waals surface area contributed by atoms with Gasteiger partial charge in [-0.25, -0.2) is 14.1 Å². The zero-order valence-electron chi connectivity index (χ0n) is 13.4. The van der Waals surface area contributed by atoms with Crippen molar-refractivity contribution in [2.75, 3.05) is 20.2 Å². The number of nitrogens with zero attached hydrogens (tertiary/aromatic N) is 2. The van der Waals surface area contributed by atoms with Crippen LogP contribution in [0.1, 0.15) is 30.1 Å². The molecule has 0 radical (unpaired) electrons. The van der Waals surface area contributed by atoms with Gasteiger partial charge in [0.1, 0.15) is 0 Å². The number of imide groups is 2. The Balaban J connectivity index is 2.13. The van der Waals surface area contributed by atoms with E-state index in [4.69, 9.17) is 4.74 Å². The van der Waals surface area contributed by atoms with Gasteiger partial charge in [-0.1, -0.05) is 13.3 Å². The number of benzene rings is 1. The Kier molecular flexibility index (Phi) is 5.28. The molecule has 0 aliphatic carbocycles. The highest BCUT2D eigenvalue weighted by molar-refractivity contribution is 6.45. The van der Waals surface area contributed by atoms with Crippen LogP contribution in [0.15, 0.2) is 18.2 Å². The van der Waals surface area contributed by atoms with E-state index in [1.165, 1.54) is 19.2 Å². The number of ketones is 1. The lowest BCUT2D eigenvalue weighted by molar-refractivity contribution is -0.143. The second kappa shape index (κ2) is 7.20. The van der Waals surface area contributed by atoms with E-state index in [-0.39, 0.29) is 17.9 Å². The third kappa shape index (κ3) is 3.27. The molecule has 0 aromatic heterocycles. The minimum Gasteiger partial charge on any atom is -0.494 e. The number of hydrogen-bond donors (Lipinski definition) is 0. The molecule has 1 saturated heterocycles. The Labute approximate surface area is 138 Å². The maximum atomic E-state index is 13.7. The molecular formula is C16H17FN2O5. The van der Waals surface area contributed by atoms with Crippen molar-refractivity contribution in [2.45, 2.75) is 19.8 Å². The van der Waals surface area contributed by atoms with Gasteiger partial charge < -0.3 is 4.74 Å². The van der Waals surface area contributed by atoms with Crippen molar-refractivity contribution >= 4 is 23.6 Å². The van der Waals surface area contributed by atoms with Crippen LogP contribution in [0.5, 0.6) is 5.75 Å². The third-order valence-electron chi connectivity index (χ3n) is 3.65. The lowest BCUT2D eigenvalue weighted by atomic mass is 10.1. The summed E-state index contributed by atoms with van der Waals surface area (Å²) >= 11 is 0. The van der Waals surface area contributed by atoms with Gasteiger partial charge in [0.2, 0.25) is 0 Å². The predicted molar refractivity (Wildman–Crippen MR) is 81.0 cm³/mol. The Morgan fingerprint density at radius 3 is 2.42 bits per heavy atom. The van der Waals surface area contributed by atoms with Gasteiger partial charge in [-0.3, -0.25) is 19.3 Å². The molecule has 0 unspecified atom stereocenters. The monoisotopic (exact) mass is 336 g/mol. The molecule has 1 aromatic rings. The molecule has 7 nitrogen and oxygen atoms in total. The number of methoxy groups -OCH3 is 1. The van der Waals surface area contributed by atoms with Crippen molar-refractivity contribution in [1.29, 1.82) is 0 Å². The molecule has 1 aliphatic heterocycles. The van der Waals surface area contributed by atoms with E-state index in [1.54, 1.807) is 0 Å². The second-order valence-corrected chi connectivity index (χ2v) is 5.26. The van der Waals surface area contributed by atoms with E-state index in [0.29, 0.717) is 11.3 Å². The van der Waals surface area contributed by atoms with Crippen LogP contribution in [0.4, 0.5) is 9.18 Å². The van der Waals surface area contributed by atoms with Gasteiger partial charge in [0.15, 0.2) is 17.3 Å². The summed E-state index contributed by atoms with van der Waals surface area (Å²) in [5.41, 5.74) is -0.0200. The van der Waals surface area contributed by atoms with Gasteiger partial charge in [-0.05, 0) is 24.6 Å². The van der Waals surface area contributed by atoms with Crippen molar-refractivity contribution in [3.8, 4) is 5.75 Å². The fraction of sp³-hybridized carbons (Fsp3) is 0.375. The number of ether oxygens (including phenoxy) is 1. The number of halogens is 1. The Morgan fingerprint density at radius 2 is 1.83 bits per heavy atom. The Hall–Kier alpha value is -2.77. The first kappa shape index (κ1) is 17.6. The molecule has 0 N–H and O–H groups in total. The summed E-state index contributed by atoms with van der Waals surface area (Å²) < 4.78 is 18.4. The van der Waals surface area contributed by atoms with Crippen LogP contribution in [-0.2, 0) is 9.59 Å². The molecule has 0 spiro atoms. The maximum absolute atomic E-state index is 13.7. The van der Waals surface area contributed by atoms with Crippen LogP contribution < -0.4 is 4.74 Å². The van der Waals surface area contributed by atoms with E-state index < -0.39 is 36.0 Å². The molecule has 2 rings (SSSR count). The minimum absolute atomic E-state index is 0.0200. The highest BCUT2D eigenvalue weighted by Gasteiger charge is 2.44. The largest absolute Gasteiger partial charge is 0.494 e. The second-order valence-electron chi connectivity index (χ2n) is 5.26. The minimum atomic E-state index is -1.04. The first-order valence-corrected chi connectivity index (χ1v) is 7.44. The van der Waals surface area contributed by atoms with Crippen LogP contribution in [-0.4, -0.2) is 53.6 Å². The summed E-state index contributed by atoms with van der Waals surface area (Å²) in [7, 11) is 1.29. The molecular weight excluding hydrogens is 319 g/mol. The molecule has 1 fully saturated rings. The normalized spacial score (nSPS) is 14.5. The molecule has 8 heteroatoms. The van der Waals surface area contributed by atoms with Crippen molar-refractivity contribution in [2.24, 2.45) is 0 Å². The number of unbranched alkanes of at least 4 members (excludes halogenated alkanes) is 1. The third-order valence-corrected chi connectivity index (χ3v) is 3.65. The van der Waals surface area contributed by atoms with Crippen LogP contribution >= 0.6 is 0 Å². The molecule has 128 valence electrons. The first-order valence-electron chi connectivity index (χ1n) is 7.44. The summed E-state index contributed by atoms with van der Waals surface area (Å²) in [4.78, 5) is 49.4. The summed E-state index contributed by atoms with van der Waals surface area (Å²) in [5.74, 6) is -3.40. The van der Waals surface area contributed by atoms with E-state index in [0.717, 1.165) is 17.4 Å². The molecule has 1 aliphatic rings. The first-order chi connectivity index (χ1) is 11.4. The molecule has 0 bridgehead atoms. The maximum Gasteiger partial charge on any atom is 0.334 e. The molecule has 24 heavy (non-hydrogen) atoms. The van der Waals surface area contributed by atoms with Crippen LogP contribution in [0.2, 0.25) is 0 Å². The van der Waals surface area contributed by atoms with E-state index in [2.05, 4.69) is 0 Å². The van der Waals surface area contributed by atoms with Crippen LogP contribution in [0.3, 0.4) is 0 Å². The Morgan fingerprint density at radius 1 is 1.17 bits per heavy atom. The van der Waals surface area contributed by atoms with Gasteiger partial charge in [0.05, 0.1) is 13.7 Å². The number of carbonyl (C=O) groups is 4. The summed E-state index contributed by atoms with van der Waals surface area (Å²) in [6, 6.07) is 2.74. The smallest absolute Gasteiger partial charge is 0.334 e. The molecule has 0 atom stereocenters. The summed E-state index contributed by atoms with van der Waals surface area (Å²) in [5, 5.41) is 0. The molecule has 1 heterocycles. The molecule has 1 aromatic carbocycles. The van der Waals surface area contributed by atoms with E-state index in [1.807, 2.05) is 6.92 Å². The number of Topliss-reactive ketones (excluding diaryl/α,β-unsaturated/α-hetero) is 1. The number of carbonyl (C=O) groups excluding carboxylic acids is 4. The highest BCUT2D eigenvalue weighted by Crippen LogP contribution is 2.19. The lowest BCUT2D eigenvalue weighted by Gasteiger charge is -2.14. The number of urea groups is 1. The van der Waals surface area contributed by atoms with Gasteiger partial charge >= 0.3 is 17.8 Å². The fourth-order valence-corrected chi connectivity index (χ4v) is 2.28. The average Bonchev–Trinajstić information content (AvgIpc) is 2.76. The molecule has 0 saturated carbocycles. The van der Waals surface area contributed by atoms with E-state index >= 15 is 0 Å². The van der Waals surface area contributed by atoms with Crippen molar-refractivity contribution in [3.05, 3.63) is 29.6 Å². The van der Waals surface area contributed by atoms with Crippen LogP contribution in [0.25, 0.3) is 0 Å². The zero-order chi connectivity index (χ0) is 17.9. The van der Waals surface area contributed by atoms with Gasteiger partial charge in [-0.15, -0.1) is 0 Å².